The van der Waals surface area contributed by atoms with Gasteiger partial charge in [0.1, 0.15) is 0 Å². The minimum absolute atomic E-state index is 0.183. The molecule has 0 aliphatic heterocycles. The third kappa shape index (κ3) is 7.92. The number of benzene rings is 1. The fraction of sp³-hybridized carbons (Fsp3) is 0.393. The molecule has 1 atom stereocenters. The highest BCUT2D eigenvalue weighted by Gasteiger charge is 2.30. The van der Waals surface area contributed by atoms with Gasteiger partial charge in [-0.1, -0.05) is 62.3 Å². The second kappa shape index (κ2) is 10.9. The van der Waals surface area contributed by atoms with E-state index in [9.17, 15) is 18.0 Å². The molecule has 2 nitrogen and oxygen atoms in total. The monoisotopic (exact) mass is 457 g/mol. The van der Waals surface area contributed by atoms with Crippen LogP contribution in [0.3, 0.4) is 0 Å². The molecule has 1 aromatic carbocycles. The molecule has 0 radical (unpaired) electrons. The summed E-state index contributed by atoms with van der Waals surface area (Å²) in [5.41, 5.74) is 4.45. The lowest BCUT2D eigenvalue weighted by atomic mass is 9.69. The Labute approximate surface area is 195 Å². The lowest BCUT2D eigenvalue weighted by molar-refractivity contribution is -0.137. The van der Waals surface area contributed by atoms with Gasteiger partial charge in [0.25, 0.3) is 0 Å². The number of amides is 1. The first-order valence-electron chi connectivity index (χ1n) is 11.2. The van der Waals surface area contributed by atoms with Crippen LogP contribution >= 0.6 is 0 Å². The van der Waals surface area contributed by atoms with Gasteiger partial charge in [0.05, 0.1) is 5.56 Å². The average Bonchev–Trinajstić information content (AvgIpc) is 2.70. The van der Waals surface area contributed by atoms with Crippen LogP contribution in [0.1, 0.15) is 59.9 Å². The van der Waals surface area contributed by atoms with Crippen LogP contribution in [0.2, 0.25) is 0 Å². The fourth-order valence-electron chi connectivity index (χ4n) is 3.88. The first-order valence-corrected chi connectivity index (χ1v) is 11.2. The van der Waals surface area contributed by atoms with Crippen molar-refractivity contribution in [2.24, 2.45) is 11.3 Å². The molecule has 1 aliphatic carbocycles. The molecule has 0 aromatic heterocycles. The summed E-state index contributed by atoms with van der Waals surface area (Å²) in [5.74, 6) is 0.219. The maximum Gasteiger partial charge on any atom is 0.416 e. The normalized spacial score (nSPS) is 20.1. The highest BCUT2D eigenvalue weighted by Crippen LogP contribution is 2.43. The minimum Gasteiger partial charge on any atom is -0.323 e. The number of allylic oxidation sites excluding steroid dienone is 9. The van der Waals surface area contributed by atoms with Crippen molar-refractivity contribution in [3.05, 3.63) is 88.6 Å². The molecule has 1 aliphatic rings. The van der Waals surface area contributed by atoms with E-state index in [1.54, 1.807) is 6.92 Å². The molecule has 2 rings (SSSR count). The molecule has 0 saturated carbocycles. The molecule has 0 fully saturated rings. The molecule has 1 N–H and O–H groups in total. The van der Waals surface area contributed by atoms with E-state index in [4.69, 9.17) is 0 Å². The number of alkyl halides is 3. The summed E-state index contributed by atoms with van der Waals surface area (Å²) in [6, 6.07) is 4.37. The van der Waals surface area contributed by atoms with Crippen LogP contribution < -0.4 is 5.32 Å². The van der Waals surface area contributed by atoms with Crippen LogP contribution in [0.5, 0.6) is 0 Å². The third-order valence-electron chi connectivity index (χ3n) is 6.17. The van der Waals surface area contributed by atoms with E-state index in [1.807, 2.05) is 25.2 Å². The summed E-state index contributed by atoms with van der Waals surface area (Å²) in [5, 5.41) is 2.57. The summed E-state index contributed by atoms with van der Waals surface area (Å²) in [6.45, 7) is 12.9. The number of carbonyl (C=O) groups excluding carboxylic acids is 1. The van der Waals surface area contributed by atoms with Gasteiger partial charge in [-0.15, -0.1) is 0 Å². The van der Waals surface area contributed by atoms with E-state index in [-0.39, 0.29) is 5.41 Å². The van der Waals surface area contributed by atoms with Crippen LogP contribution in [0.15, 0.2) is 83.0 Å². The zero-order valence-electron chi connectivity index (χ0n) is 20.3. The Hall–Kier alpha value is -2.82. The summed E-state index contributed by atoms with van der Waals surface area (Å²) in [4.78, 5) is 12.1. The zero-order chi connectivity index (χ0) is 24.8. The van der Waals surface area contributed by atoms with Gasteiger partial charge in [0, 0.05) is 11.8 Å². The molecular weight excluding hydrogens is 423 g/mol. The van der Waals surface area contributed by atoms with Crippen molar-refractivity contribution in [1.82, 2.24) is 0 Å². The quantitative estimate of drug-likeness (QED) is 0.337. The van der Waals surface area contributed by atoms with Crippen LogP contribution in [0.4, 0.5) is 18.9 Å². The molecule has 178 valence electrons. The highest BCUT2D eigenvalue weighted by atomic mass is 19.4. The lowest BCUT2D eigenvalue weighted by Gasteiger charge is -2.36. The van der Waals surface area contributed by atoms with Gasteiger partial charge < -0.3 is 5.32 Å². The van der Waals surface area contributed by atoms with E-state index in [0.29, 0.717) is 11.6 Å². The molecule has 1 aromatic rings. The zero-order valence-corrected chi connectivity index (χ0v) is 20.3. The van der Waals surface area contributed by atoms with Gasteiger partial charge in [-0.3, -0.25) is 4.79 Å². The molecule has 0 saturated heterocycles. The Balaban J connectivity index is 1.98. The average molecular weight is 458 g/mol. The topological polar surface area (TPSA) is 29.1 Å². The van der Waals surface area contributed by atoms with Crippen LogP contribution in [-0.2, 0) is 11.0 Å². The molecule has 0 bridgehead atoms. The van der Waals surface area contributed by atoms with Gasteiger partial charge in [-0.2, -0.15) is 13.2 Å². The van der Waals surface area contributed by atoms with E-state index in [1.165, 1.54) is 42.2 Å². The number of hydrogen-bond donors (Lipinski definition) is 1. The summed E-state index contributed by atoms with van der Waals surface area (Å²) in [7, 11) is 0. The SMILES string of the molecule is CC1=C(/C=C/C(C)=C/C=C/C(C)=C\C(=O)Nc2ccc(C(F)(F)F)cc2)C(C)(C)CCC1C. The van der Waals surface area contributed by atoms with Crippen molar-refractivity contribution in [3.63, 3.8) is 0 Å². The van der Waals surface area contributed by atoms with Gasteiger partial charge in [0.15, 0.2) is 0 Å². The van der Waals surface area contributed by atoms with Crippen molar-refractivity contribution in [3.8, 4) is 0 Å². The molecule has 0 heterocycles. The maximum absolute atomic E-state index is 12.6. The van der Waals surface area contributed by atoms with Crippen molar-refractivity contribution in [1.29, 1.82) is 0 Å². The Morgan fingerprint density at radius 3 is 2.33 bits per heavy atom. The Kier molecular flexibility index (Phi) is 8.70. The van der Waals surface area contributed by atoms with Crippen molar-refractivity contribution in [2.45, 2.75) is 60.6 Å². The van der Waals surface area contributed by atoms with Crippen molar-refractivity contribution >= 4 is 11.6 Å². The number of rotatable bonds is 6. The minimum atomic E-state index is -4.40. The van der Waals surface area contributed by atoms with E-state index in [2.05, 4.69) is 45.2 Å². The lowest BCUT2D eigenvalue weighted by Crippen LogP contribution is -2.23. The van der Waals surface area contributed by atoms with E-state index in [0.717, 1.165) is 23.3 Å². The van der Waals surface area contributed by atoms with Crippen molar-refractivity contribution in [2.75, 3.05) is 5.32 Å². The summed E-state index contributed by atoms with van der Waals surface area (Å²) in [6.07, 6.45) is 9.46. The third-order valence-corrected chi connectivity index (χ3v) is 6.17. The van der Waals surface area contributed by atoms with Crippen LogP contribution in [0, 0.1) is 11.3 Å². The fourth-order valence-corrected chi connectivity index (χ4v) is 3.88. The van der Waals surface area contributed by atoms with Crippen LogP contribution in [-0.4, -0.2) is 5.91 Å². The standard InChI is InChI=1S/C28H34F3NO/c1-19(10-15-25-22(4)21(3)16-17-27(25,5)6)8-7-9-20(2)18-26(33)32-24-13-11-23(12-14-24)28(29,30)31/h7-15,18,21H,16-17H2,1-6H3,(H,32,33)/b9-7+,15-10+,19-8+,20-18-. The largest absolute Gasteiger partial charge is 0.416 e. The molecule has 1 unspecified atom stereocenters. The number of anilines is 1. The number of carbonyl (C=O) groups is 1. The van der Waals surface area contributed by atoms with Crippen molar-refractivity contribution < 1.29 is 18.0 Å². The number of hydrogen-bond acceptors (Lipinski definition) is 1. The van der Waals surface area contributed by atoms with Crippen LogP contribution in [0.25, 0.3) is 0 Å². The summed E-state index contributed by atoms with van der Waals surface area (Å²) >= 11 is 0. The first kappa shape index (κ1) is 26.4. The second-order valence-electron chi connectivity index (χ2n) is 9.48. The van der Waals surface area contributed by atoms with Gasteiger partial charge in [-0.05, 0) is 80.4 Å². The predicted molar refractivity (Wildman–Crippen MR) is 131 cm³/mol. The molecule has 1 amide bonds. The Morgan fingerprint density at radius 1 is 1.09 bits per heavy atom. The number of nitrogens with one attached hydrogen (secondary N) is 1. The molecule has 5 heteroatoms. The van der Waals surface area contributed by atoms with E-state index >= 15 is 0 Å². The molecular formula is C28H34F3NO. The smallest absolute Gasteiger partial charge is 0.323 e. The predicted octanol–water partition coefficient (Wildman–Crippen LogP) is 8.42. The highest BCUT2D eigenvalue weighted by molar-refractivity contribution is 5.99. The van der Waals surface area contributed by atoms with Gasteiger partial charge in [-0.25, -0.2) is 0 Å². The maximum atomic E-state index is 12.6. The first-order chi connectivity index (χ1) is 15.3. The summed E-state index contributed by atoms with van der Waals surface area (Å²) < 4.78 is 37.9. The van der Waals surface area contributed by atoms with Gasteiger partial charge >= 0.3 is 6.18 Å². The Morgan fingerprint density at radius 2 is 1.73 bits per heavy atom. The van der Waals surface area contributed by atoms with E-state index < -0.39 is 17.6 Å². The number of halogens is 3. The molecule has 0 spiro atoms. The van der Waals surface area contributed by atoms with Gasteiger partial charge in [0.2, 0.25) is 5.91 Å². The molecule has 33 heavy (non-hydrogen) atoms. The second-order valence-corrected chi connectivity index (χ2v) is 9.48. The Bertz CT molecular complexity index is 1000.